The molecule has 1 unspecified atom stereocenters. The van der Waals surface area contributed by atoms with Gasteiger partial charge in [-0.2, -0.15) is 0 Å². The maximum atomic E-state index is 6.16. The van der Waals surface area contributed by atoms with E-state index in [2.05, 4.69) is 6.92 Å². The van der Waals surface area contributed by atoms with Gasteiger partial charge in [-0.1, -0.05) is 37.8 Å². The van der Waals surface area contributed by atoms with Crippen LogP contribution in [0.15, 0.2) is 12.1 Å². The second-order valence-electron chi connectivity index (χ2n) is 4.34. The van der Waals surface area contributed by atoms with Crippen LogP contribution >= 0.6 is 11.6 Å². The molecule has 0 bridgehead atoms. The van der Waals surface area contributed by atoms with E-state index in [0.717, 1.165) is 18.4 Å². The zero-order chi connectivity index (χ0) is 13.5. The summed E-state index contributed by atoms with van der Waals surface area (Å²) in [6, 6.07) is 3.76. The highest BCUT2D eigenvalue weighted by molar-refractivity contribution is 6.32. The number of nitrogens with two attached hydrogens (primary N) is 1. The van der Waals surface area contributed by atoms with Crippen LogP contribution in [-0.4, -0.2) is 14.2 Å². The van der Waals surface area contributed by atoms with E-state index in [1.54, 1.807) is 14.2 Å². The number of benzene rings is 1. The Bertz CT molecular complexity index is 382. The normalized spacial score (nSPS) is 12.3. The molecule has 3 nitrogen and oxygen atoms in total. The molecular formula is C14H22ClNO2. The van der Waals surface area contributed by atoms with E-state index in [1.165, 1.54) is 12.8 Å². The first-order chi connectivity index (χ1) is 8.63. The number of hydrogen-bond acceptors (Lipinski definition) is 3. The fraction of sp³-hybridized carbons (Fsp3) is 0.571. The SMILES string of the molecule is CCCCCC(N)c1cc(Cl)c(OC)c(OC)c1. The summed E-state index contributed by atoms with van der Waals surface area (Å²) < 4.78 is 10.5. The van der Waals surface area contributed by atoms with Crippen LogP contribution in [0.1, 0.15) is 44.2 Å². The Balaban J connectivity index is 2.86. The molecule has 0 saturated carbocycles. The molecule has 0 amide bonds. The molecule has 4 heteroatoms. The van der Waals surface area contributed by atoms with Gasteiger partial charge in [0, 0.05) is 6.04 Å². The van der Waals surface area contributed by atoms with Crippen LogP contribution in [0.25, 0.3) is 0 Å². The highest BCUT2D eigenvalue weighted by Crippen LogP contribution is 2.37. The summed E-state index contributed by atoms with van der Waals surface area (Å²) in [7, 11) is 3.17. The van der Waals surface area contributed by atoms with E-state index in [4.69, 9.17) is 26.8 Å². The molecule has 1 rings (SSSR count). The molecule has 102 valence electrons. The highest BCUT2D eigenvalue weighted by Gasteiger charge is 2.14. The molecule has 0 fully saturated rings. The lowest BCUT2D eigenvalue weighted by molar-refractivity contribution is 0.354. The van der Waals surface area contributed by atoms with Crippen molar-refractivity contribution in [1.29, 1.82) is 0 Å². The number of rotatable bonds is 7. The number of methoxy groups -OCH3 is 2. The zero-order valence-corrected chi connectivity index (χ0v) is 12.1. The van der Waals surface area contributed by atoms with Gasteiger partial charge in [-0.25, -0.2) is 0 Å². The van der Waals surface area contributed by atoms with Gasteiger partial charge in [0.2, 0.25) is 0 Å². The Morgan fingerprint density at radius 3 is 2.50 bits per heavy atom. The first-order valence-electron chi connectivity index (χ1n) is 6.31. The van der Waals surface area contributed by atoms with Gasteiger partial charge in [0.1, 0.15) is 0 Å². The van der Waals surface area contributed by atoms with Crippen LogP contribution in [0.2, 0.25) is 5.02 Å². The van der Waals surface area contributed by atoms with Gasteiger partial charge < -0.3 is 15.2 Å². The number of hydrogen-bond donors (Lipinski definition) is 1. The van der Waals surface area contributed by atoms with Gasteiger partial charge in [0.15, 0.2) is 11.5 Å². The van der Waals surface area contributed by atoms with Crippen molar-refractivity contribution >= 4 is 11.6 Å². The van der Waals surface area contributed by atoms with Crippen LogP contribution in [0, 0.1) is 0 Å². The predicted octanol–water partition coefficient (Wildman–Crippen LogP) is 3.94. The van der Waals surface area contributed by atoms with Crippen molar-refractivity contribution in [2.75, 3.05) is 14.2 Å². The van der Waals surface area contributed by atoms with Crippen molar-refractivity contribution in [1.82, 2.24) is 0 Å². The second-order valence-corrected chi connectivity index (χ2v) is 4.75. The molecule has 0 saturated heterocycles. The molecule has 0 radical (unpaired) electrons. The van der Waals surface area contributed by atoms with Crippen molar-refractivity contribution in [3.05, 3.63) is 22.7 Å². The highest BCUT2D eigenvalue weighted by atomic mass is 35.5. The lowest BCUT2D eigenvalue weighted by Gasteiger charge is -2.16. The molecule has 0 aromatic heterocycles. The Labute approximate surface area is 114 Å². The summed E-state index contributed by atoms with van der Waals surface area (Å²) >= 11 is 6.16. The average molecular weight is 272 g/mol. The average Bonchev–Trinajstić information content (AvgIpc) is 2.37. The van der Waals surface area contributed by atoms with E-state index >= 15 is 0 Å². The Kier molecular flexibility index (Phi) is 6.30. The van der Waals surface area contributed by atoms with Crippen molar-refractivity contribution in [3.8, 4) is 11.5 Å². The van der Waals surface area contributed by atoms with Gasteiger partial charge in [0.25, 0.3) is 0 Å². The molecule has 1 aromatic rings. The molecule has 0 spiro atoms. The molecule has 0 aliphatic carbocycles. The Hall–Kier alpha value is -0.930. The summed E-state index contributed by atoms with van der Waals surface area (Å²) in [5, 5.41) is 0.540. The topological polar surface area (TPSA) is 44.5 Å². The summed E-state index contributed by atoms with van der Waals surface area (Å²) in [4.78, 5) is 0. The lowest BCUT2D eigenvalue weighted by Crippen LogP contribution is -2.10. The summed E-state index contributed by atoms with van der Waals surface area (Å²) in [5.41, 5.74) is 7.16. The summed E-state index contributed by atoms with van der Waals surface area (Å²) in [6.45, 7) is 2.18. The second kappa shape index (κ2) is 7.49. The molecule has 1 atom stereocenters. The van der Waals surface area contributed by atoms with Gasteiger partial charge in [-0.05, 0) is 24.1 Å². The van der Waals surface area contributed by atoms with E-state index in [-0.39, 0.29) is 6.04 Å². The fourth-order valence-electron chi connectivity index (χ4n) is 1.93. The molecule has 1 aromatic carbocycles. The van der Waals surface area contributed by atoms with E-state index in [0.29, 0.717) is 16.5 Å². The van der Waals surface area contributed by atoms with Gasteiger partial charge >= 0.3 is 0 Å². The Morgan fingerprint density at radius 2 is 1.94 bits per heavy atom. The van der Waals surface area contributed by atoms with E-state index in [9.17, 15) is 0 Å². The third-order valence-electron chi connectivity index (χ3n) is 3.00. The maximum Gasteiger partial charge on any atom is 0.179 e. The maximum absolute atomic E-state index is 6.16. The monoisotopic (exact) mass is 271 g/mol. The molecule has 2 N–H and O–H groups in total. The van der Waals surface area contributed by atoms with Crippen LogP contribution in [0.4, 0.5) is 0 Å². The Morgan fingerprint density at radius 1 is 1.22 bits per heavy atom. The molecule has 18 heavy (non-hydrogen) atoms. The van der Waals surface area contributed by atoms with E-state index in [1.807, 2.05) is 12.1 Å². The largest absolute Gasteiger partial charge is 0.493 e. The van der Waals surface area contributed by atoms with Crippen molar-refractivity contribution < 1.29 is 9.47 Å². The third-order valence-corrected chi connectivity index (χ3v) is 3.28. The summed E-state index contributed by atoms with van der Waals surface area (Å²) in [6.07, 6.45) is 4.48. The first kappa shape index (κ1) is 15.1. The van der Waals surface area contributed by atoms with Crippen LogP contribution in [0.3, 0.4) is 0 Å². The van der Waals surface area contributed by atoms with Gasteiger partial charge in [-0.15, -0.1) is 0 Å². The predicted molar refractivity (Wildman–Crippen MR) is 75.6 cm³/mol. The smallest absolute Gasteiger partial charge is 0.179 e. The van der Waals surface area contributed by atoms with Crippen LogP contribution in [0.5, 0.6) is 11.5 Å². The minimum Gasteiger partial charge on any atom is -0.493 e. The standard InChI is InChI=1S/C14H22ClNO2/c1-4-5-6-7-12(16)10-8-11(15)14(18-3)13(9-10)17-2/h8-9,12H,4-7,16H2,1-3H3. The third kappa shape index (κ3) is 3.79. The number of unbranched alkanes of at least 4 members (excludes halogenated alkanes) is 2. The van der Waals surface area contributed by atoms with Crippen molar-refractivity contribution in [2.45, 2.75) is 38.6 Å². The molecule has 0 aliphatic heterocycles. The molecular weight excluding hydrogens is 250 g/mol. The van der Waals surface area contributed by atoms with Crippen molar-refractivity contribution in [3.63, 3.8) is 0 Å². The van der Waals surface area contributed by atoms with E-state index < -0.39 is 0 Å². The van der Waals surface area contributed by atoms with Crippen molar-refractivity contribution in [2.24, 2.45) is 5.73 Å². The fourth-order valence-corrected chi connectivity index (χ4v) is 2.23. The number of ether oxygens (including phenoxy) is 2. The minimum atomic E-state index is -0.00569. The summed E-state index contributed by atoms with van der Waals surface area (Å²) in [5.74, 6) is 1.19. The molecule has 0 heterocycles. The van der Waals surface area contributed by atoms with Gasteiger partial charge in [-0.3, -0.25) is 0 Å². The lowest BCUT2D eigenvalue weighted by atomic mass is 10.0. The minimum absolute atomic E-state index is 0.00569. The first-order valence-corrected chi connectivity index (χ1v) is 6.68. The van der Waals surface area contributed by atoms with Crippen LogP contribution in [-0.2, 0) is 0 Å². The quantitative estimate of drug-likeness (QED) is 0.764. The van der Waals surface area contributed by atoms with Gasteiger partial charge in [0.05, 0.1) is 19.2 Å². The molecule has 0 aliphatic rings. The number of halogens is 1. The van der Waals surface area contributed by atoms with Crippen LogP contribution < -0.4 is 15.2 Å². The zero-order valence-electron chi connectivity index (χ0n) is 11.3.